The van der Waals surface area contributed by atoms with E-state index in [-0.39, 0.29) is 63.6 Å². The van der Waals surface area contributed by atoms with Crippen LogP contribution in [0.5, 0.6) is 0 Å². The standard InChI is InChI=1S/C25H26FN3O3.C25H26FN3O2S.C24H24FN3O2S.C20H19FN4O2/c1-5-6-11-31-25(30)16-7-9-19-20(13-16)28-24(29(4)15(2)3)23(27-19)22-14-17-12-18(26)8-10-21(17)32-22;1-14(2)13-32-25(30)16-6-8-19-20(11-16)28-24(29(5)15(3)4)23(27-19)22-12-17-10-18(26)7-9-21(17)31-22;1-5-10-31-24(29)15-6-8-18-19(12-15)27-23(28(4)14(2)3)22(26-18)21-13-16-11-17(25)7-9-20(16)30-21;1-12-11-27-9-8-25(12)20-18(13-2-5-15(21)6-3-13)23-16-7-4-14(19(22)26)10-17(16)24-20/h7-10,12-15H,5-6,11H2,1-4H3;6-12,14-15H,13H2,1-5H3;6-9,11-14H,5,10H2,1-4H3;2-7,10,12H,8-9,11H2,1H3,(H2,22,26)/t;;;12-/m...0/s1. The molecule has 28 heteroatoms. The maximum absolute atomic E-state index is 13.7. The van der Waals surface area contributed by atoms with Crippen molar-refractivity contribution in [2.45, 2.75) is 120 Å². The number of aromatic nitrogens is 8. The number of nitrogens with two attached hydrogens (primary N) is 1. The predicted octanol–water partition coefficient (Wildman–Crippen LogP) is 21.6. The lowest BCUT2D eigenvalue weighted by Gasteiger charge is -2.35. The highest BCUT2D eigenvalue weighted by Gasteiger charge is 2.29. The summed E-state index contributed by atoms with van der Waals surface area (Å²) >= 11 is 2.64. The van der Waals surface area contributed by atoms with Crippen LogP contribution in [0.3, 0.4) is 0 Å². The molecule has 1 fully saturated rings. The molecule has 8 heterocycles. The number of halogens is 4. The fourth-order valence-electron chi connectivity index (χ4n) is 13.1. The Labute approximate surface area is 712 Å². The van der Waals surface area contributed by atoms with E-state index >= 15 is 0 Å². The minimum Gasteiger partial charge on any atom is -0.462 e. The number of hydrogen-bond acceptors (Lipinski definition) is 23. The van der Waals surface area contributed by atoms with Gasteiger partial charge in [0.1, 0.15) is 62.8 Å². The van der Waals surface area contributed by atoms with E-state index < -0.39 is 5.91 Å². The zero-order valence-electron chi connectivity index (χ0n) is 70.4. The molecule has 0 unspecified atom stereocenters. The first-order valence-electron chi connectivity index (χ1n) is 40.5. The molecule has 16 rings (SSSR count). The molecular weight excluding hydrogens is 1600 g/mol. The van der Waals surface area contributed by atoms with Crippen molar-refractivity contribution in [2.24, 2.45) is 11.7 Å². The SMILES string of the molecule is CC(C)CSC(=O)c1ccc2nc(-c3cc4cc(F)ccc4o3)c(N(C)C(C)C)nc2c1.CCCCOC(=O)c1ccc2nc(-c3cc4cc(F)ccc4o3)c(N(C)C(C)C)nc2c1.CCCSC(=O)c1ccc2nc(-c3cc4cc(F)ccc4o3)c(N(C)C(C)C)nc2c1.C[C@H]1COCCN1c1nc2cc(C(N)=O)ccc2nc1-c1ccc(F)cc1. The molecule has 1 aliphatic heterocycles. The van der Waals surface area contributed by atoms with Gasteiger partial charge in [-0.15, -0.1) is 0 Å². The van der Waals surface area contributed by atoms with Crippen molar-refractivity contribution in [2.75, 3.05) is 78.6 Å². The summed E-state index contributed by atoms with van der Waals surface area (Å²) in [7, 11) is 5.81. The van der Waals surface area contributed by atoms with E-state index in [1.807, 2.05) is 75.7 Å². The van der Waals surface area contributed by atoms with Crippen LogP contribution in [-0.2, 0) is 9.47 Å². The van der Waals surface area contributed by atoms with Gasteiger partial charge in [-0.1, -0.05) is 57.6 Å². The number of nitrogens with zero attached hydrogens (tertiary/aromatic N) is 12. The number of hydrogen-bond donors (Lipinski definition) is 1. The highest BCUT2D eigenvalue weighted by Crippen LogP contribution is 2.40. The summed E-state index contributed by atoms with van der Waals surface area (Å²) in [6, 6.07) is 46.3. The van der Waals surface area contributed by atoms with Crippen molar-refractivity contribution in [1.82, 2.24) is 39.9 Å². The number of fused-ring (bicyclic) bond motifs is 7. The lowest BCUT2D eigenvalue weighted by Crippen LogP contribution is -2.44. The second-order valence-electron chi connectivity index (χ2n) is 31.0. The van der Waals surface area contributed by atoms with Crippen molar-refractivity contribution in [3.8, 4) is 45.6 Å². The molecule has 630 valence electrons. The number of esters is 1. The summed E-state index contributed by atoms with van der Waals surface area (Å²) in [6.07, 6.45) is 2.73. The van der Waals surface area contributed by atoms with E-state index in [1.165, 1.54) is 72.1 Å². The predicted molar refractivity (Wildman–Crippen MR) is 480 cm³/mol. The lowest BCUT2D eigenvalue weighted by atomic mass is 10.1. The molecule has 15 aromatic rings. The third-order valence-electron chi connectivity index (χ3n) is 20.5. The zero-order chi connectivity index (χ0) is 86.9. The molecule has 22 nitrogen and oxygen atoms in total. The van der Waals surface area contributed by atoms with Gasteiger partial charge in [0.05, 0.1) is 75.6 Å². The van der Waals surface area contributed by atoms with E-state index in [9.17, 15) is 36.7 Å². The Hall–Kier alpha value is -12.4. The van der Waals surface area contributed by atoms with Crippen LogP contribution in [-0.4, -0.2) is 145 Å². The maximum Gasteiger partial charge on any atom is 0.338 e. The molecule has 1 saturated heterocycles. The highest BCUT2D eigenvalue weighted by molar-refractivity contribution is 8.14. The molecule has 8 aromatic carbocycles. The number of anilines is 4. The van der Waals surface area contributed by atoms with Crippen molar-refractivity contribution in [3.05, 3.63) is 215 Å². The summed E-state index contributed by atoms with van der Waals surface area (Å²) < 4.78 is 83.2. The molecular formula is C94H95F4N13O9S2. The van der Waals surface area contributed by atoms with Gasteiger partial charge in [-0.2, -0.15) is 0 Å². The minimum atomic E-state index is -0.511. The molecule has 2 N–H and O–H groups in total. The Morgan fingerprint density at radius 1 is 0.467 bits per heavy atom. The van der Waals surface area contributed by atoms with Gasteiger partial charge in [-0.05, 0) is 237 Å². The van der Waals surface area contributed by atoms with Gasteiger partial charge < -0.3 is 48.1 Å². The molecule has 0 spiro atoms. The van der Waals surface area contributed by atoms with Crippen molar-refractivity contribution >= 4 is 146 Å². The van der Waals surface area contributed by atoms with Crippen LogP contribution < -0.4 is 25.3 Å². The van der Waals surface area contributed by atoms with Crippen LogP contribution in [0.1, 0.15) is 137 Å². The molecule has 122 heavy (non-hydrogen) atoms. The fourth-order valence-corrected chi connectivity index (χ4v) is 14.6. The number of carbonyl (C=O) groups excluding carboxylic acids is 4. The van der Waals surface area contributed by atoms with Crippen molar-refractivity contribution in [3.63, 3.8) is 0 Å². The first-order chi connectivity index (χ1) is 58.5. The monoisotopic (exact) mass is 1690 g/mol. The Morgan fingerprint density at radius 3 is 1.27 bits per heavy atom. The Bertz CT molecular complexity index is 6380. The topological polar surface area (TPSA) is 268 Å². The van der Waals surface area contributed by atoms with E-state index in [0.717, 1.165) is 36.3 Å². The molecule has 1 amide bonds. The van der Waals surface area contributed by atoms with Gasteiger partial charge >= 0.3 is 5.97 Å². The molecule has 0 aliphatic carbocycles. The Morgan fingerprint density at radius 2 is 0.861 bits per heavy atom. The number of ether oxygens (including phenoxy) is 2. The summed E-state index contributed by atoms with van der Waals surface area (Å²) in [6.45, 7) is 24.9. The average molecular weight is 1690 g/mol. The van der Waals surface area contributed by atoms with Crippen LogP contribution in [0.25, 0.3) is 123 Å². The van der Waals surface area contributed by atoms with Gasteiger partial charge in [0.2, 0.25) is 16.1 Å². The van der Waals surface area contributed by atoms with E-state index in [4.69, 9.17) is 68.3 Å². The summed E-state index contributed by atoms with van der Waals surface area (Å²) in [5.41, 5.74) is 17.4. The van der Waals surface area contributed by atoms with E-state index in [2.05, 4.69) is 53.4 Å². The quantitative estimate of drug-likeness (QED) is 0.0375. The number of unbranched alkanes of at least 4 members (excludes halogenated alkanes) is 1. The number of furan rings is 3. The smallest absolute Gasteiger partial charge is 0.338 e. The van der Waals surface area contributed by atoms with Crippen molar-refractivity contribution in [1.29, 1.82) is 0 Å². The molecule has 1 aliphatic rings. The van der Waals surface area contributed by atoms with Gasteiger partial charge in [0, 0.05) is 95.7 Å². The first-order valence-corrected chi connectivity index (χ1v) is 42.4. The maximum atomic E-state index is 13.7. The zero-order valence-corrected chi connectivity index (χ0v) is 72.0. The molecule has 0 radical (unpaired) electrons. The molecule has 7 aromatic heterocycles. The lowest BCUT2D eigenvalue weighted by molar-refractivity contribution is 0.0499. The van der Waals surface area contributed by atoms with Gasteiger partial charge in [0.25, 0.3) is 0 Å². The highest BCUT2D eigenvalue weighted by atomic mass is 32.2. The van der Waals surface area contributed by atoms with Crippen LogP contribution >= 0.6 is 23.5 Å². The van der Waals surface area contributed by atoms with E-state index in [1.54, 1.807) is 109 Å². The van der Waals surface area contributed by atoms with Gasteiger partial charge in [-0.3, -0.25) is 14.4 Å². The third-order valence-corrected chi connectivity index (χ3v) is 23.0. The minimum absolute atomic E-state index is 0.0320. The van der Waals surface area contributed by atoms with Crippen LogP contribution in [0.15, 0.2) is 183 Å². The number of primary amides is 1. The number of rotatable bonds is 22. The number of morpholine rings is 1. The normalized spacial score (nSPS) is 12.8. The van der Waals surface area contributed by atoms with Crippen LogP contribution in [0.2, 0.25) is 0 Å². The Kier molecular flexibility index (Phi) is 27.6. The summed E-state index contributed by atoms with van der Waals surface area (Å²) in [4.78, 5) is 95.6. The Balaban J connectivity index is 0.000000140. The second-order valence-corrected chi connectivity index (χ2v) is 33.1. The summed E-state index contributed by atoms with van der Waals surface area (Å²) in [5.74, 6) is 3.99. The molecule has 0 saturated carbocycles. The average Bonchev–Trinajstić information content (AvgIpc) is 1.45. The molecule has 0 bridgehead atoms. The first kappa shape index (κ1) is 87.4. The summed E-state index contributed by atoms with van der Waals surface area (Å²) in [5, 5.41) is 2.06. The third kappa shape index (κ3) is 20.3. The van der Waals surface area contributed by atoms with Crippen molar-refractivity contribution < 1.29 is 59.5 Å². The largest absolute Gasteiger partial charge is 0.462 e. The second kappa shape index (κ2) is 38.5. The van der Waals surface area contributed by atoms with E-state index in [0.29, 0.717) is 195 Å². The fraction of sp³-hybridized carbons (Fsp3) is 0.298. The van der Waals surface area contributed by atoms with Gasteiger partial charge in [-0.25, -0.2) is 62.2 Å². The number of carbonyl (C=O) groups is 4. The number of amides is 1. The number of thioether (sulfide) groups is 2. The number of benzene rings is 8. The van der Waals surface area contributed by atoms with Gasteiger partial charge in [0.15, 0.2) is 40.6 Å². The van der Waals surface area contributed by atoms with Crippen LogP contribution in [0, 0.1) is 29.2 Å². The van der Waals surface area contributed by atoms with Crippen LogP contribution in [0.4, 0.5) is 40.8 Å². The molecule has 1 atom stereocenters.